The summed E-state index contributed by atoms with van der Waals surface area (Å²) in [6, 6.07) is 17.1. The lowest BCUT2D eigenvalue weighted by Crippen LogP contribution is -2.30. The van der Waals surface area contributed by atoms with Crippen LogP contribution in [0.2, 0.25) is 0 Å². The second kappa shape index (κ2) is 8.61. The molecule has 6 heteroatoms. The first kappa shape index (κ1) is 20.2. The fraction of sp³-hybridized carbons (Fsp3) is 0.261. The van der Waals surface area contributed by atoms with Crippen LogP contribution in [0, 0.1) is 17.2 Å². The molecule has 29 heavy (non-hydrogen) atoms. The smallest absolute Gasteiger partial charge is 0.352 e. The zero-order chi connectivity index (χ0) is 21.0. The molecule has 2 aromatic carbocycles. The van der Waals surface area contributed by atoms with E-state index in [1.54, 1.807) is 6.07 Å². The van der Waals surface area contributed by atoms with Gasteiger partial charge in [-0.05, 0) is 47.2 Å². The minimum atomic E-state index is -0.996. The molecule has 3 rings (SSSR count). The van der Waals surface area contributed by atoms with E-state index in [0.29, 0.717) is 12.3 Å². The molecule has 148 valence electrons. The van der Waals surface area contributed by atoms with Crippen LogP contribution in [0.25, 0.3) is 22.0 Å². The largest absolute Gasteiger partial charge is 0.477 e. The molecule has 0 fully saturated rings. The minimum absolute atomic E-state index is 0.0107. The van der Waals surface area contributed by atoms with Gasteiger partial charge in [-0.3, -0.25) is 4.79 Å². The minimum Gasteiger partial charge on any atom is -0.477 e. The first-order chi connectivity index (χ1) is 13.9. The first-order valence-corrected chi connectivity index (χ1v) is 9.50. The van der Waals surface area contributed by atoms with Gasteiger partial charge in [-0.1, -0.05) is 44.2 Å². The summed E-state index contributed by atoms with van der Waals surface area (Å²) in [6.45, 7) is 4.12. The fourth-order valence-electron chi connectivity index (χ4n) is 3.48. The topological polar surface area (TPSA) is 106 Å². The molecule has 0 aliphatic heterocycles. The summed E-state index contributed by atoms with van der Waals surface area (Å²) >= 11 is 0. The highest BCUT2D eigenvalue weighted by Gasteiger charge is 2.22. The molecule has 3 aromatic rings. The van der Waals surface area contributed by atoms with Crippen molar-refractivity contribution in [3.05, 3.63) is 59.8 Å². The molecule has 1 aromatic heterocycles. The molecule has 1 amide bonds. The molecule has 0 saturated carbocycles. The van der Waals surface area contributed by atoms with Crippen molar-refractivity contribution in [2.75, 3.05) is 6.54 Å². The number of fused-ring (bicyclic) bond motifs is 1. The van der Waals surface area contributed by atoms with Gasteiger partial charge in [0.1, 0.15) is 12.2 Å². The zero-order valence-electron chi connectivity index (χ0n) is 16.4. The van der Waals surface area contributed by atoms with E-state index in [1.807, 2.05) is 48.5 Å². The summed E-state index contributed by atoms with van der Waals surface area (Å²) in [4.78, 5) is 26.7. The van der Waals surface area contributed by atoms with Crippen LogP contribution in [0.3, 0.4) is 0 Å². The van der Waals surface area contributed by atoms with Crippen LogP contribution in [0.4, 0.5) is 0 Å². The van der Waals surface area contributed by atoms with Crippen LogP contribution >= 0.6 is 0 Å². The number of carboxylic acids is 1. The lowest BCUT2D eigenvalue weighted by atomic mass is 9.88. The Bertz CT molecular complexity index is 1090. The Hall–Kier alpha value is -3.59. The molecule has 1 heterocycles. The summed E-state index contributed by atoms with van der Waals surface area (Å²) < 4.78 is 0. The summed E-state index contributed by atoms with van der Waals surface area (Å²) in [5.74, 6) is -1.16. The average molecular weight is 389 g/mol. The maximum absolute atomic E-state index is 12.6. The van der Waals surface area contributed by atoms with E-state index in [1.165, 1.54) is 0 Å². The number of nitrogens with zero attached hydrogens (tertiary/aromatic N) is 1. The van der Waals surface area contributed by atoms with Gasteiger partial charge < -0.3 is 15.4 Å². The number of aromatic carboxylic acids is 1. The second-order valence-corrected chi connectivity index (χ2v) is 7.47. The number of carboxylic acid groups (broad SMARTS) is 1. The third-order valence-electron chi connectivity index (χ3n) is 4.84. The van der Waals surface area contributed by atoms with E-state index in [0.717, 1.165) is 27.6 Å². The van der Waals surface area contributed by atoms with Crippen LogP contribution in [0.5, 0.6) is 0 Å². The molecule has 1 unspecified atom stereocenters. The van der Waals surface area contributed by atoms with Gasteiger partial charge in [0, 0.05) is 10.9 Å². The van der Waals surface area contributed by atoms with Crippen molar-refractivity contribution < 1.29 is 14.7 Å². The highest BCUT2D eigenvalue weighted by molar-refractivity contribution is 5.95. The Morgan fingerprint density at radius 3 is 2.59 bits per heavy atom. The number of benzene rings is 2. The van der Waals surface area contributed by atoms with E-state index >= 15 is 0 Å². The highest BCUT2D eigenvalue weighted by atomic mass is 16.4. The van der Waals surface area contributed by atoms with Gasteiger partial charge in [0.25, 0.3) is 0 Å². The maximum Gasteiger partial charge on any atom is 0.352 e. The van der Waals surface area contributed by atoms with Crippen LogP contribution < -0.4 is 5.32 Å². The number of carbonyl (C=O) groups is 2. The molecule has 0 spiro atoms. The third-order valence-corrected chi connectivity index (χ3v) is 4.84. The molecular formula is C23H23N3O3. The Morgan fingerprint density at radius 1 is 1.14 bits per heavy atom. The van der Waals surface area contributed by atoms with E-state index in [-0.39, 0.29) is 24.1 Å². The van der Waals surface area contributed by atoms with Gasteiger partial charge in [-0.2, -0.15) is 5.26 Å². The number of hydrogen-bond donors (Lipinski definition) is 3. The Labute approximate surface area is 169 Å². The van der Waals surface area contributed by atoms with E-state index in [9.17, 15) is 9.59 Å². The molecule has 0 aliphatic rings. The Kier molecular flexibility index (Phi) is 5.99. The number of nitriles is 1. The Morgan fingerprint density at radius 2 is 1.90 bits per heavy atom. The molecule has 3 N–H and O–H groups in total. The van der Waals surface area contributed by atoms with Crippen molar-refractivity contribution in [1.82, 2.24) is 10.3 Å². The van der Waals surface area contributed by atoms with Gasteiger partial charge in [0.15, 0.2) is 0 Å². The lowest BCUT2D eigenvalue weighted by Gasteiger charge is -2.19. The second-order valence-electron chi connectivity index (χ2n) is 7.47. The standard InChI is InChI=1S/C23H23N3O3/c1-14(2)10-19(22(27)25-9-8-24)17-5-3-4-15(11-17)16-6-7-20-18(12-16)13-21(26-20)23(28)29/h3-7,11-14,19,26H,9-10H2,1-2H3,(H,25,27)(H,28,29). The van der Waals surface area contributed by atoms with Gasteiger partial charge in [0.05, 0.1) is 12.0 Å². The van der Waals surface area contributed by atoms with Crippen molar-refractivity contribution in [3.8, 4) is 17.2 Å². The number of carbonyl (C=O) groups excluding carboxylic acids is 1. The number of H-pyrrole nitrogens is 1. The third kappa shape index (κ3) is 4.64. The monoisotopic (exact) mass is 389 g/mol. The van der Waals surface area contributed by atoms with Crippen LogP contribution in [0.1, 0.15) is 42.2 Å². The van der Waals surface area contributed by atoms with Crippen LogP contribution in [-0.2, 0) is 4.79 Å². The van der Waals surface area contributed by atoms with E-state index in [4.69, 9.17) is 10.4 Å². The molecule has 0 bridgehead atoms. The van der Waals surface area contributed by atoms with Gasteiger partial charge in [-0.25, -0.2) is 4.79 Å². The zero-order valence-corrected chi connectivity index (χ0v) is 16.4. The van der Waals surface area contributed by atoms with E-state index in [2.05, 4.69) is 24.1 Å². The summed E-state index contributed by atoms with van der Waals surface area (Å²) in [6.07, 6.45) is 0.680. The summed E-state index contributed by atoms with van der Waals surface area (Å²) in [5.41, 5.74) is 3.69. The molecule has 0 saturated heterocycles. The SMILES string of the molecule is CC(C)CC(C(=O)NCC#N)c1cccc(-c2ccc3[nH]c(C(=O)O)cc3c2)c1. The van der Waals surface area contributed by atoms with Gasteiger partial charge in [-0.15, -0.1) is 0 Å². The predicted molar refractivity (Wildman–Crippen MR) is 112 cm³/mol. The fourth-order valence-corrected chi connectivity index (χ4v) is 3.48. The van der Waals surface area contributed by atoms with Gasteiger partial charge >= 0.3 is 5.97 Å². The van der Waals surface area contributed by atoms with Crippen molar-refractivity contribution in [2.45, 2.75) is 26.2 Å². The predicted octanol–water partition coefficient (Wildman–Crippen LogP) is 4.30. The van der Waals surface area contributed by atoms with Crippen LogP contribution in [0.15, 0.2) is 48.5 Å². The van der Waals surface area contributed by atoms with Crippen molar-refractivity contribution in [1.29, 1.82) is 5.26 Å². The highest BCUT2D eigenvalue weighted by Crippen LogP contribution is 2.30. The Balaban J connectivity index is 1.96. The van der Waals surface area contributed by atoms with Crippen molar-refractivity contribution >= 4 is 22.8 Å². The number of aromatic amines is 1. The molecule has 1 atom stereocenters. The maximum atomic E-state index is 12.6. The number of rotatable bonds is 7. The lowest BCUT2D eigenvalue weighted by molar-refractivity contribution is -0.122. The molecule has 6 nitrogen and oxygen atoms in total. The summed E-state index contributed by atoms with van der Waals surface area (Å²) in [5, 5.41) is 21.4. The molecule has 0 aliphatic carbocycles. The van der Waals surface area contributed by atoms with E-state index < -0.39 is 5.97 Å². The van der Waals surface area contributed by atoms with Gasteiger partial charge in [0.2, 0.25) is 5.91 Å². The average Bonchev–Trinajstić information content (AvgIpc) is 3.14. The summed E-state index contributed by atoms with van der Waals surface area (Å²) in [7, 11) is 0. The van der Waals surface area contributed by atoms with Crippen LogP contribution in [-0.4, -0.2) is 28.5 Å². The van der Waals surface area contributed by atoms with Crippen molar-refractivity contribution in [3.63, 3.8) is 0 Å². The number of amides is 1. The number of nitrogens with one attached hydrogen (secondary N) is 2. The van der Waals surface area contributed by atoms with Crippen molar-refractivity contribution in [2.24, 2.45) is 5.92 Å². The first-order valence-electron chi connectivity index (χ1n) is 9.50. The molecule has 0 radical (unpaired) electrons. The number of hydrogen-bond acceptors (Lipinski definition) is 3. The molecular weight excluding hydrogens is 366 g/mol. The quantitative estimate of drug-likeness (QED) is 0.524. The number of aromatic nitrogens is 1. The normalized spacial score (nSPS) is 11.9.